The molecule has 0 bridgehead atoms. The van der Waals surface area contributed by atoms with Gasteiger partial charge in [0.2, 0.25) is 0 Å². The van der Waals surface area contributed by atoms with E-state index in [9.17, 15) is 0 Å². The topological polar surface area (TPSA) is 0 Å². The van der Waals surface area contributed by atoms with Crippen molar-refractivity contribution in [3.63, 3.8) is 0 Å². The molecule has 0 aliphatic heterocycles. The predicted molar refractivity (Wildman–Crippen MR) is 236 cm³/mol. The van der Waals surface area contributed by atoms with Crippen LogP contribution in [0.4, 0.5) is 0 Å². The van der Waals surface area contributed by atoms with Crippen molar-refractivity contribution in [1.29, 1.82) is 0 Å². The van der Waals surface area contributed by atoms with Crippen molar-refractivity contribution < 1.29 is 46.1 Å². The van der Waals surface area contributed by atoms with Crippen LogP contribution in [0.2, 0.25) is 0 Å². The maximum absolute atomic E-state index is 2.73. The molecule has 0 saturated heterocycles. The van der Waals surface area contributed by atoms with Crippen molar-refractivity contribution >= 4 is 3.21 Å². The smallest absolute Gasteiger partial charge is 1.00 e. The first-order valence-corrected chi connectivity index (χ1v) is 24.7. The molecule has 6 rings (SSSR count). The van der Waals surface area contributed by atoms with E-state index >= 15 is 0 Å². The number of rotatable bonds is 8. The normalized spacial score (nSPS) is 13.6. The molecule has 3 heteroatoms. The van der Waals surface area contributed by atoms with Crippen molar-refractivity contribution in [3.05, 3.63) is 126 Å². The van der Waals surface area contributed by atoms with E-state index in [1.807, 2.05) is 3.21 Å². The summed E-state index contributed by atoms with van der Waals surface area (Å²) in [6.07, 6.45) is 11.0. The minimum atomic E-state index is -2.60. The van der Waals surface area contributed by atoms with E-state index in [4.69, 9.17) is 0 Å². The Labute approximate surface area is 362 Å². The van der Waals surface area contributed by atoms with Gasteiger partial charge < -0.3 is 24.8 Å². The number of halogens is 2. The second kappa shape index (κ2) is 17.5. The first-order chi connectivity index (χ1) is 25.2. The third-order valence-electron chi connectivity index (χ3n) is 11.9. The van der Waals surface area contributed by atoms with E-state index in [1.165, 1.54) is 90.7 Å². The fourth-order valence-electron chi connectivity index (χ4n) is 10.1. The first kappa shape index (κ1) is 46.4. The van der Waals surface area contributed by atoms with Gasteiger partial charge in [-0.1, -0.05) is 0 Å². The fourth-order valence-corrected chi connectivity index (χ4v) is 20.4. The van der Waals surface area contributed by atoms with Gasteiger partial charge in [-0.3, -0.25) is 0 Å². The molecule has 2 aliphatic rings. The molecule has 0 N–H and O–H groups in total. The van der Waals surface area contributed by atoms with Crippen LogP contribution in [0.3, 0.4) is 0 Å². The van der Waals surface area contributed by atoms with Crippen LogP contribution < -0.4 is 24.8 Å². The molecule has 0 amide bonds. The molecular weight excluding hydrogens is 799 g/mol. The third kappa shape index (κ3) is 9.12. The minimum Gasteiger partial charge on any atom is -1.00 e. The zero-order valence-corrected chi connectivity index (χ0v) is 41.4. The van der Waals surface area contributed by atoms with E-state index < -0.39 is 21.3 Å². The van der Waals surface area contributed by atoms with E-state index in [2.05, 4.69) is 178 Å². The summed E-state index contributed by atoms with van der Waals surface area (Å²) < 4.78 is 4.15. The Morgan fingerprint density at radius 3 is 1.25 bits per heavy atom. The van der Waals surface area contributed by atoms with Gasteiger partial charge >= 0.3 is 340 Å². The number of benzene rings is 4. The molecule has 0 aromatic heterocycles. The van der Waals surface area contributed by atoms with Gasteiger partial charge in [-0.25, -0.2) is 0 Å². The van der Waals surface area contributed by atoms with Crippen LogP contribution in [0.1, 0.15) is 148 Å². The molecule has 0 spiro atoms. The zero-order chi connectivity index (χ0) is 39.6. The molecule has 0 unspecified atom stereocenters. The summed E-state index contributed by atoms with van der Waals surface area (Å²) in [5, 5.41) is 0. The predicted octanol–water partition coefficient (Wildman–Crippen LogP) is 9.27. The fraction of sp³-hybridized carbons (Fsp3) is 0.453. The van der Waals surface area contributed by atoms with Crippen LogP contribution in [-0.2, 0) is 32.1 Å². The Hall–Kier alpha value is -2.31. The Bertz CT molecular complexity index is 2040. The second-order valence-electron chi connectivity index (χ2n) is 20.0. The SMILES string of the molecule is Cc1cc(C)c(-c2cc3c(cc2C(C)(C)C)-c2cc(C(C)(C)C)c(-c4c(C)cc(C)cc4C)cc2[CH]3[Zr+2]([C]2=CC=CC2)=[C](CC(C)C)CC(C)C)c(C)c1.[Cl-].[Cl-]. The van der Waals surface area contributed by atoms with Gasteiger partial charge in [-0.2, -0.15) is 0 Å². The number of aryl methyl sites for hydroxylation is 6. The van der Waals surface area contributed by atoms with Crippen molar-refractivity contribution in [2.45, 2.75) is 144 Å². The molecule has 0 radical (unpaired) electrons. The molecule has 0 fully saturated rings. The molecule has 0 heterocycles. The van der Waals surface area contributed by atoms with Gasteiger partial charge in [0.15, 0.2) is 0 Å². The molecule has 2 aliphatic carbocycles. The Morgan fingerprint density at radius 2 is 0.946 bits per heavy atom. The minimum absolute atomic E-state index is 0. The Morgan fingerprint density at radius 1 is 0.571 bits per heavy atom. The van der Waals surface area contributed by atoms with Crippen molar-refractivity contribution in [1.82, 2.24) is 0 Å². The van der Waals surface area contributed by atoms with Crippen LogP contribution >= 0.6 is 0 Å². The van der Waals surface area contributed by atoms with Crippen LogP contribution in [-0.4, -0.2) is 3.21 Å². The Balaban J connectivity index is 0.00000348. The molecule has 4 aromatic carbocycles. The number of hydrogen-bond acceptors (Lipinski definition) is 0. The maximum Gasteiger partial charge on any atom is -1.00 e. The molecular formula is C53H68Cl2Zr. The summed E-state index contributed by atoms with van der Waals surface area (Å²) in [4.78, 5) is 0. The summed E-state index contributed by atoms with van der Waals surface area (Å²) in [7, 11) is 0. The largest absolute Gasteiger partial charge is 1.00 e. The van der Waals surface area contributed by atoms with Gasteiger partial charge in [0.1, 0.15) is 0 Å². The number of fused-ring (bicyclic) bond motifs is 3. The Kier molecular flexibility index (Phi) is 14.5. The van der Waals surface area contributed by atoms with Gasteiger partial charge in [-0.15, -0.1) is 0 Å². The van der Waals surface area contributed by atoms with Crippen molar-refractivity contribution in [3.8, 4) is 33.4 Å². The van der Waals surface area contributed by atoms with Gasteiger partial charge in [0.05, 0.1) is 0 Å². The summed E-state index contributed by atoms with van der Waals surface area (Å²) in [5.74, 6) is 1.30. The summed E-state index contributed by atoms with van der Waals surface area (Å²) in [6, 6.07) is 20.4. The van der Waals surface area contributed by atoms with E-state index in [0.29, 0.717) is 15.5 Å². The molecule has 4 aromatic rings. The van der Waals surface area contributed by atoms with Gasteiger partial charge in [0, 0.05) is 0 Å². The molecule has 0 atom stereocenters. The second-order valence-corrected chi connectivity index (χ2v) is 26.8. The standard InChI is InChI=1S/C39H45.C9H18.C5H5.2ClH.Zr/c1-22-13-24(3)36(25(4)14-22)32-18-28-17-29-19-33(37-26(5)15-23(2)16-27(37)6)35(39(10,11)12)21-31(29)30(28)20-34(32)38(7,8)9;1-8(2)6-5-7-9(3)4;1-2-4-5-3-1;;;/h13-21H,1-12H3;8-9H,6-7H2,1-4H3;1-3H,4H2;2*1H;/q;;;;;+2/p-2. The van der Waals surface area contributed by atoms with E-state index in [1.54, 1.807) is 14.4 Å². The average Bonchev–Trinajstić information content (AvgIpc) is 3.65. The van der Waals surface area contributed by atoms with Crippen LogP contribution in [0.25, 0.3) is 33.4 Å². The number of hydrogen-bond donors (Lipinski definition) is 0. The molecule has 298 valence electrons. The van der Waals surface area contributed by atoms with E-state index in [0.717, 1.165) is 6.42 Å². The van der Waals surface area contributed by atoms with Crippen LogP contribution in [0, 0.1) is 53.4 Å². The summed E-state index contributed by atoms with van der Waals surface area (Å²) in [5.41, 5.74) is 23.1. The maximum atomic E-state index is 2.73. The first-order valence-electron chi connectivity index (χ1n) is 20.8. The average molecular weight is 867 g/mol. The summed E-state index contributed by atoms with van der Waals surface area (Å²) in [6.45, 7) is 38.2. The molecule has 0 saturated carbocycles. The van der Waals surface area contributed by atoms with E-state index in [-0.39, 0.29) is 35.6 Å². The monoisotopic (exact) mass is 864 g/mol. The molecule has 56 heavy (non-hydrogen) atoms. The quantitative estimate of drug-likeness (QED) is 0.166. The van der Waals surface area contributed by atoms with Crippen LogP contribution in [0.15, 0.2) is 70.0 Å². The summed E-state index contributed by atoms with van der Waals surface area (Å²) >= 11 is -2.60. The van der Waals surface area contributed by atoms with Crippen LogP contribution in [0.5, 0.6) is 0 Å². The van der Waals surface area contributed by atoms with Gasteiger partial charge in [0.25, 0.3) is 0 Å². The van der Waals surface area contributed by atoms with Crippen molar-refractivity contribution in [2.75, 3.05) is 0 Å². The number of allylic oxidation sites excluding steroid dienone is 4. The van der Waals surface area contributed by atoms with Gasteiger partial charge in [-0.05, 0) is 0 Å². The molecule has 0 nitrogen and oxygen atoms in total. The zero-order valence-electron chi connectivity index (χ0n) is 37.5. The third-order valence-corrected chi connectivity index (χ3v) is 20.3. The van der Waals surface area contributed by atoms with Crippen molar-refractivity contribution in [2.24, 2.45) is 11.8 Å².